The van der Waals surface area contributed by atoms with Crippen LogP contribution in [0.25, 0.3) is 11.0 Å². The van der Waals surface area contributed by atoms with Gasteiger partial charge in [0.05, 0.1) is 23.7 Å². The van der Waals surface area contributed by atoms with E-state index in [1.54, 1.807) is 0 Å². The van der Waals surface area contributed by atoms with Crippen molar-refractivity contribution in [2.24, 2.45) is 5.73 Å². The second kappa shape index (κ2) is 4.59. The first-order valence-electron chi connectivity index (χ1n) is 6.38. The maximum absolute atomic E-state index is 9.52. The second-order valence-corrected chi connectivity index (χ2v) is 4.81. The summed E-state index contributed by atoms with van der Waals surface area (Å²) in [6.45, 7) is 2.25. The molecular formula is C13H18N4O. The minimum absolute atomic E-state index is 0.138. The summed E-state index contributed by atoms with van der Waals surface area (Å²) in [7, 11) is 0. The average molecular weight is 246 g/mol. The Bertz CT molecular complexity index is 543. The Labute approximate surface area is 106 Å². The Kier molecular flexibility index (Phi) is 2.93. The van der Waals surface area contributed by atoms with Crippen LogP contribution in [0.15, 0.2) is 18.2 Å². The van der Waals surface area contributed by atoms with Crippen molar-refractivity contribution < 1.29 is 5.11 Å². The topological polar surface area (TPSA) is 78.2 Å². The Morgan fingerprint density at radius 1 is 1.39 bits per heavy atom. The quantitative estimate of drug-likeness (QED) is 0.738. The third kappa shape index (κ3) is 2.07. The molecular weight excluding hydrogens is 228 g/mol. The van der Waals surface area contributed by atoms with Crippen LogP contribution >= 0.6 is 0 Å². The lowest BCUT2D eigenvalue weighted by atomic mass is 10.1. The van der Waals surface area contributed by atoms with E-state index in [1.165, 1.54) is 5.69 Å². The van der Waals surface area contributed by atoms with Crippen molar-refractivity contribution in [1.82, 2.24) is 9.97 Å². The molecule has 96 valence electrons. The molecule has 5 nitrogen and oxygen atoms in total. The number of fused-ring (bicyclic) bond motifs is 1. The van der Waals surface area contributed by atoms with E-state index >= 15 is 0 Å². The molecule has 0 unspecified atom stereocenters. The second-order valence-electron chi connectivity index (χ2n) is 4.81. The van der Waals surface area contributed by atoms with Crippen molar-refractivity contribution in [1.29, 1.82) is 0 Å². The monoisotopic (exact) mass is 246 g/mol. The van der Waals surface area contributed by atoms with Crippen LogP contribution in [0.4, 0.5) is 5.69 Å². The number of rotatable bonds is 2. The smallest absolute Gasteiger partial charge is 0.121 e. The molecule has 3 rings (SSSR count). The Balaban J connectivity index is 1.88. The van der Waals surface area contributed by atoms with E-state index in [0.29, 0.717) is 6.54 Å². The van der Waals surface area contributed by atoms with Gasteiger partial charge in [-0.3, -0.25) is 0 Å². The molecule has 1 aliphatic heterocycles. The number of nitrogens with two attached hydrogens (primary N) is 1. The van der Waals surface area contributed by atoms with Crippen LogP contribution in [0, 0.1) is 0 Å². The number of anilines is 1. The van der Waals surface area contributed by atoms with E-state index < -0.39 is 0 Å². The van der Waals surface area contributed by atoms with Gasteiger partial charge in [-0.15, -0.1) is 0 Å². The molecule has 1 aliphatic rings. The lowest BCUT2D eigenvalue weighted by Crippen LogP contribution is -2.35. The molecule has 1 fully saturated rings. The summed E-state index contributed by atoms with van der Waals surface area (Å²) in [6.07, 6.45) is 1.55. The van der Waals surface area contributed by atoms with Gasteiger partial charge in [0.25, 0.3) is 0 Å². The molecule has 4 N–H and O–H groups in total. The zero-order chi connectivity index (χ0) is 12.5. The minimum Gasteiger partial charge on any atom is -0.393 e. The summed E-state index contributed by atoms with van der Waals surface area (Å²) in [5.74, 6) is 0.816. The van der Waals surface area contributed by atoms with E-state index in [9.17, 15) is 5.11 Å². The summed E-state index contributed by atoms with van der Waals surface area (Å²) in [4.78, 5) is 9.91. The van der Waals surface area contributed by atoms with Gasteiger partial charge in [-0.1, -0.05) is 0 Å². The number of imidazole rings is 1. The average Bonchev–Trinajstić information content (AvgIpc) is 2.81. The maximum atomic E-state index is 9.52. The third-order valence-electron chi connectivity index (χ3n) is 3.54. The molecule has 2 heterocycles. The van der Waals surface area contributed by atoms with Crippen molar-refractivity contribution in [2.45, 2.75) is 25.5 Å². The number of piperidine rings is 1. The van der Waals surface area contributed by atoms with Crippen molar-refractivity contribution >= 4 is 16.7 Å². The molecule has 2 aromatic rings. The molecule has 18 heavy (non-hydrogen) atoms. The summed E-state index contributed by atoms with van der Waals surface area (Å²) >= 11 is 0. The van der Waals surface area contributed by atoms with Gasteiger partial charge < -0.3 is 20.7 Å². The Hall–Kier alpha value is -1.59. The van der Waals surface area contributed by atoms with E-state index in [1.807, 2.05) is 6.07 Å². The number of benzene rings is 1. The van der Waals surface area contributed by atoms with Crippen LogP contribution in [-0.4, -0.2) is 34.3 Å². The zero-order valence-electron chi connectivity index (χ0n) is 10.3. The number of nitrogens with zero attached hydrogens (tertiary/aromatic N) is 2. The van der Waals surface area contributed by atoms with Gasteiger partial charge in [0.1, 0.15) is 5.82 Å². The summed E-state index contributed by atoms with van der Waals surface area (Å²) in [5.41, 5.74) is 8.74. The first-order valence-corrected chi connectivity index (χ1v) is 6.38. The van der Waals surface area contributed by atoms with Gasteiger partial charge in [-0.05, 0) is 31.0 Å². The van der Waals surface area contributed by atoms with E-state index in [0.717, 1.165) is 42.8 Å². The fraction of sp³-hybridized carbons (Fsp3) is 0.462. The Morgan fingerprint density at radius 2 is 2.17 bits per heavy atom. The number of aliphatic hydroxyl groups is 1. The first-order chi connectivity index (χ1) is 8.76. The molecule has 1 saturated heterocycles. The SMILES string of the molecule is NCc1nc2ccc(N3CCC(O)CC3)cc2[nH]1. The largest absolute Gasteiger partial charge is 0.393 e. The van der Waals surface area contributed by atoms with Gasteiger partial charge >= 0.3 is 0 Å². The van der Waals surface area contributed by atoms with Crippen LogP contribution in [-0.2, 0) is 6.54 Å². The zero-order valence-corrected chi connectivity index (χ0v) is 10.3. The molecule has 0 radical (unpaired) electrons. The van der Waals surface area contributed by atoms with E-state index in [4.69, 9.17) is 5.73 Å². The van der Waals surface area contributed by atoms with Gasteiger partial charge in [0, 0.05) is 18.8 Å². The molecule has 0 atom stereocenters. The van der Waals surface area contributed by atoms with Crippen molar-refractivity contribution in [2.75, 3.05) is 18.0 Å². The fourth-order valence-electron chi connectivity index (χ4n) is 2.47. The van der Waals surface area contributed by atoms with Crippen LogP contribution < -0.4 is 10.6 Å². The minimum atomic E-state index is -0.138. The highest BCUT2D eigenvalue weighted by atomic mass is 16.3. The highest BCUT2D eigenvalue weighted by molar-refractivity contribution is 5.79. The van der Waals surface area contributed by atoms with Gasteiger partial charge in [-0.25, -0.2) is 4.98 Å². The summed E-state index contributed by atoms with van der Waals surface area (Å²) in [5, 5.41) is 9.52. The predicted octanol–water partition coefficient (Wildman–Crippen LogP) is 0.983. The molecule has 1 aromatic heterocycles. The maximum Gasteiger partial charge on any atom is 0.121 e. The molecule has 5 heteroatoms. The van der Waals surface area contributed by atoms with Crippen LogP contribution in [0.2, 0.25) is 0 Å². The highest BCUT2D eigenvalue weighted by Gasteiger charge is 2.17. The Morgan fingerprint density at radius 3 is 2.89 bits per heavy atom. The number of hydrogen-bond donors (Lipinski definition) is 3. The van der Waals surface area contributed by atoms with Crippen LogP contribution in [0.5, 0.6) is 0 Å². The van der Waals surface area contributed by atoms with E-state index in [-0.39, 0.29) is 6.10 Å². The number of hydrogen-bond acceptors (Lipinski definition) is 4. The van der Waals surface area contributed by atoms with Gasteiger partial charge in [-0.2, -0.15) is 0 Å². The normalized spacial score (nSPS) is 17.6. The predicted molar refractivity (Wildman–Crippen MR) is 71.4 cm³/mol. The highest BCUT2D eigenvalue weighted by Crippen LogP contribution is 2.23. The fourth-order valence-corrected chi connectivity index (χ4v) is 2.47. The van der Waals surface area contributed by atoms with Gasteiger partial charge in [0.2, 0.25) is 0 Å². The van der Waals surface area contributed by atoms with Crippen LogP contribution in [0.1, 0.15) is 18.7 Å². The molecule has 0 amide bonds. The number of nitrogens with one attached hydrogen (secondary N) is 1. The van der Waals surface area contributed by atoms with E-state index in [2.05, 4.69) is 27.0 Å². The number of H-pyrrole nitrogens is 1. The van der Waals surface area contributed by atoms with Crippen molar-refractivity contribution in [3.05, 3.63) is 24.0 Å². The number of aliphatic hydroxyl groups excluding tert-OH is 1. The summed E-state index contributed by atoms with van der Waals surface area (Å²) < 4.78 is 0. The molecule has 0 bridgehead atoms. The van der Waals surface area contributed by atoms with Crippen molar-refractivity contribution in [3.63, 3.8) is 0 Å². The molecule has 0 saturated carbocycles. The van der Waals surface area contributed by atoms with Crippen molar-refractivity contribution in [3.8, 4) is 0 Å². The third-order valence-corrected chi connectivity index (χ3v) is 3.54. The first kappa shape index (κ1) is 11.5. The molecule has 1 aromatic carbocycles. The summed E-state index contributed by atoms with van der Waals surface area (Å²) in [6, 6.07) is 6.21. The lowest BCUT2D eigenvalue weighted by Gasteiger charge is -2.31. The number of aromatic nitrogens is 2. The lowest BCUT2D eigenvalue weighted by molar-refractivity contribution is 0.145. The molecule has 0 aliphatic carbocycles. The number of aromatic amines is 1. The molecule has 0 spiro atoms. The standard InChI is InChI=1S/C13H18N4O/c14-8-13-15-11-2-1-9(7-12(11)16-13)17-5-3-10(18)4-6-17/h1-2,7,10,18H,3-6,8,14H2,(H,15,16). The van der Waals surface area contributed by atoms with Crippen LogP contribution in [0.3, 0.4) is 0 Å². The van der Waals surface area contributed by atoms with Gasteiger partial charge in [0.15, 0.2) is 0 Å².